The van der Waals surface area contributed by atoms with Gasteiger partial charge in [0.2, 0.25) is 0 Å². The minimum atomic E-state index is -0.605. The Morgan fingerprint density at radius 2 is 1.91 bits per heavy atom. The van der Waals surface area contributed by atoms with Gasteiger partial charge in [0.25, 0.3) is 5.91 Å². The molecule has 0 aliphatic heterocycles. The minimum Gasteiger partial charge on any atom is -0.480 e. The summed E-state index contributed by atoms with van der Waals surface area (Å²) < 4.78 is 5.87. The van der Waals surface area contributed by atoms with E-state index in [0.29, 0.717) is 27.9 Å². The van der Waals surface area contributed by atoms with Crippen molar-refractivity contribution in [2.24, 2.45) is 0 Å². The summed E-state index contributed by atoms with van der Waals surface area (Å²) >= 11 is 12.0. The van der Waals surface area contributed by atoms with Crippen molar-refractivity contribution < 1.29 is 9.53 Å². The van der Waals surface area contributed by atoms with Crippen LogP contribution in [0, 0.1) is 13.8 Å². The summed E-state index contributed by atoms with van der Waals surface area (Å²) in [5, 5.41) is 3.71. The Morgan fingerprint density at radius 3 is 2.57 bits per heavy atom. The Hall–Kier alpha value is -1.71. The Balaban J connectivity index is 2.13. The van der Waals surface area contributed by atoms with Crippen LogP contribution in [0.25, 0.3) is 0 Å². The lowest BCUT2D eigenvalue weighted by Gasteiger charge is -2.19. The normalized spacial score (nSPS) is 11.9. The SMILES string of the molecule is CC[C@H](Oc1ccc(C)cc1C)C(=O)Nc1cc(Cl)ccc1Cl. The molecule has 2 aromatic rings. The van der Waals surface area contributed by atoms with Crippen molar-refractivity contribution in [3.05, 3.63) is 57.6 Å². The van der Waals surface area contributed by atoms with Crippen molar-refractivity contribution in [2.45, 2.75) is 33.3 Å². The van der Waals surface area contributed by atoms with Crippen LogP contribution in [0.2, 0.25) is 10.0 Å². The Kier molecular flexibility index (Phi) is 5.91. The molecule has 0 radical (unpaired) electrons. The molecule has 0 fully saturated rings. The summed E-state index contributed by atoms with van der Waals surface area (Å²) in [5.74, 6) is 0.450. The van der Waals surface area contributed by atoms with Gasteiger partial charge in [-0.05, 0) is 50.1 Å². The maximum atomic E-state index is 12.5. The Bertz CT molecular complexity index is 716. The fraction of sp³-hybridized carbons (Fsp3) is 0.278. The van der Waals surface area contributed by atoms with Gasteiger partial charge in [0.05, 0.1) is 10.7 Å². The van der Waals surface area contributed by atoms with E-state index >= 15 is 0 Å². The van der Waals surface area contributed by atoms with Crippen LogP contribution in [-0.4, -0.2) is 12.0 Å². The van der Waals surface area contributed by atoms with Gasteiger partial charge < -0.3 is 10.1 Å². The van der Waals surface area contributed by atoms with Crippen LogP contribution in [0.5, 0.6) is 5.75 Å². The average molecular weight is 352 g/mol. The summed E-state index contributed by atoms with van der Waals surface area (Å²) in [7, 11) is 0. The molecule has 0 bridgehead atoms. The second-order valence-electron chi connectivity index (χ2n) is 5.40. The number of hydrogen-bond donors (Lipinski definition) is 1. The van der Waals surface area contributed by atoms with Gasteiger partial charge in [0.15, 0.2) is 6.10 Å². The number of halogens is 2. The second-order valence-corrected chi connectivity index (χ2v) is 6.24. The molecule has 0 aromatic heterocycles. The molecule has 0 heterocycles. The van der Waals surface area contributed by atoms with Crippen molar-refractivity contribution in [3.8, 4) is 5.75 Å². The molecule has 122 valence electrons. The van der Waals surface area contributed by atoms with Gasteiger partial charge in [-0.2, -0.15) is 0 Å². The number of anilines is 1. The third-order valence-corrected chi connectivity index (χ3v) is 4.01. The lowest BCUT2D eigenvalue weighted by molar-refractivity contribution is -0.122. The highest BCUT2D eigenvalue weighted by molar-refractivity contribution is 6.35. The van der Waals surface area contributed by atoms with E-state index in [9.17, 15) is 4.79 Å². The zero-order chi connectivity index (χ0) is 17.0. The smallest absolute Gasteiger partial charge is 0.265 e. The van der Waals surface area contributed by atoms with Crippen molar-refractivity contribution >= 4 is 34.8 Å². The highest BCUT2D eigenvalue weighted by atomic mass is 35.5. The standard InChI is InChI=1S/C18H19Cl2NO2/c1-4-16(23-17-8-5-11(2)9-12(17)3)18(22)21-15-10-13(19)6-7-14(15)20/h5-10,16H,4H2,1-3H3,(H,21,22)/t16-/m0/s1. The molecule has 3 nitrogen and oxygen atoms in total. The van der Waals surface area contributed by atoms with Crippen LogP contribution in [0.4, 0.5) is 5.69 Å². The first-order valence-electron chi connectivity index (χ1n) is 7.40. The average Bonchev–Trinajstić information content (AvgIpc) is 2.50. The molecule has 1 atom stereocenters. The number of ether oxygens (including phenoxy) is 1. The van der Waals surface area contributed by atoms with Crippen LogP contribution in [0.15, 0.2) is 36.4 Å². The van der Waals surface area contributed by atoms with Gasteiger partial charge in [-0.25, -0.2) is 0 Å². The zero-order valence-electron chi connectivity index (χ0n) is 13.3. The van der Waals surface area contributed by atoms with Crippen LogP contribution >= 0.6 is 23.2 Å². The zero-order valence-corrected chi connectivity index (χ0v) is 14.8. The molecule has 0 aliphatic rings. The summed E-state index contributed by atoms with van der Waals surface area (Å²) in [6.07, 6.45) is -0.0661. The number of carbonyl (C=O) groups excluding carboxylic acids is 1. The monoisotopic (exact) mass is 351 g/mol. The molecule has 23 heavy (non-hydrogen) atoms. The van der Waals surface area contributed by atoms with Gasteiger partial charge in [-0.15, -0.1) is 0 Å². The van der Waals surface area contributed by atoms with E-state index in [1.165, 1.54) is 0 Å². The molecule has 0 spiro atoms. The molecule has 2 aromatic carbocycles. The quantitative estimate of drug-likeness (QED) is 0.782. The molecule has 0 aliphatic carbocycles. The molecular weight excluding hydrogens is 333 g/mol. The van der Waals surface area contributed by atoms with E-state index in [2.05, 4.69) is 5.32 Å². The van der Waals surface area contributed by atoms with Crippen molar-refractivity contribution in [3.63, 3.8) is 0 Å². The second kappa shape index (κ2) is 7.71. The summed E-state index contributed by atoms with van der Waals surface area (Å²) in [4.78, 5) is 12.5. The first kappa shape index (κ1) is 17.6. The van der Waals surface area contributed by atoms with E-state index in [1.54, 1.807) is 18.2 Å². The largest absolute Gasteiger partial charge is 0.480 e. The van der Waals surface area contributed by atoms with Crippen LogP contribution in [0.3, 0.4) is 0 Å². The maximum absolute atomic E-state index is 12.5. The molecule has 0 saturated heterocycles. The number of benzene rings is 2. The first-order chi connectivity index (χ1) is 10.9. The number of hydrogen-bond acceptors (Lipinski definition) is 2. The fourth-order valence-corrected chi connectivity index (χ4v) is 2.55. The van der Waals surface area contributed by atoms with Crippen LogP contribution in [-0.2, 0) is 4.79 Å². The molecular formula is C18H19Cl2NO2. The Morgan fingerprint density at radius 1 is 1.17 bits per heavy atom. The molecule has 2 rings (SSSR count). The molecule has 0 saturated carbocycles. The van der Waals surface area contributed by atoms with E-state index < -0.39 is 6.10 Å². The molecule has 1 amide bonds. The van der Waals surface area contributed by atoms with E-state index in [-0.39, 0.29) is 5.91 Å². The van der Waals surface area contributed by atoms with Crippen molar-refractivity contribution in [1.29, 1.82) is 0 Å². The van der Waals surface area contributed by atoms with Gasteiger partial charge in [-0.1, -0.05) is 47.8 Å². The van der Waals surface area contributed by atoms with Gasteiger partial charge in [0.1, 0.15) is 5.75 Å². The lowest BCUT2D eigenvalue weighted by Crippen LogP contribution is -2.32. The van der Waals surface area contributed by atoms with Gasteiger partial charge in [0, 0.05) is 5.02 Å². The van der Waals surface area contributed by atoms with Crippen molar-refractivity contribution in [1.82, 2.24) is 0 Å². The van der Waals surface area contributed by atoms with E-state index in [0.717, 1.165) is 11.1 Å². The van der Waals surface area contributed by atoms with Crippen LogP contribution < -0.4 is 10.1 Å². The number of aryl methyl sites for hydroxylation is 2. The highest BCUT2D eigenvalue weighted by Crippen LogP contribution is 2.26. The third-order valence-electron chi connectivity index (χ3n) is 3.45. The van der Waals surface area contributed by atoms with Crippen molar-refractivity contribution in [2.75, 3.05) is 5.32 Å². The minimum absolute atomic E-state index is 0.253. The lowest BCUT2D eigenvalue weighted by atomic mass is 10.1. The third kappa shape index (κ3) is 4.63. The predicted molar refractivity (Wildman–Crippen MR) is 95.7 cm³/mol. The van der Waals surface area contributed by atoms with E-state index in [1.807, 2.05) is 39.0 Å². The van der Waals surface area contributed by atoms with Gasteiger partial charge >= 0.3 is 0 Å². The van der Waals surface area contributed by atoms with E-state index in [4.69, 9.17) is 27.9 Å². The number of nitrogens with one attached hydrogen (secondary N) is 1. The molecule has 5 heteroatoms. The molecule has 1 N–H and O–H groups in total. The highest BCUT2D eigenvalue weighted by Gasteiger charge is 2.20. The number of carbonyl (C=O) groups is 1. The maximum Gasteiger partial charge on any atom is 0.265 e. The fourth-order valence-electron chi connectivity index (χ4n) is 2.21. The number of rotatable bonds is 5. The number of amides is 1. The predicted octanol–water partition coefficient (Wildman–Crippen LogP) is 5.41. The summed E-state index contributed by atoms with van der Waals surface area (Å²) in [6.45, 7) is 5.87. The Labute approximate surface area is 146 Å². The summed E-state index contributed by atoms with van der Waals surface area (Å²) in [6, 6.07) is 10.8. The van der Waals surface area contributed by atoms with Gasteiger partial charge in [-0.3, -0.25) is 4.79 Å². The van der Waals surface area contributed by atoms with Crippen LogP contribution in [0.1, 0.15) is 24.5 Å². The molecule has 0 unspecified atom stereocenters. The topological polar surface area (TPSA) is 38.3 Å². The summed E-state index contributed by atoms with van der Waals surface area (Å²) in [5.41, 5.74) is 2.63. The first-order valence-corrected chi connectivity index (χ1v) is 8.16.